The van der Waals surface area contributed by atoms with Crippen LogP contribution in [0, 0.1) is 0 Å². The summed E-state index contributed by atoms with van der Waals surface area (Å²) >= 11 is 0. The van der Waals surface area contributed by atoms with Crippen LogP contribution in [-0.4, -0.2) is 11.1 Å². The minimum absolute atomic E-state index is 0.118. The predicted molar refractivity (Wildman–Crippen MR) is 47.9 cm³/mol. The number of nitrogens with two attached hydrogens (primary N) is 1. The first-order valence-corrected chi connectivity index (χ1v) is 3.40. The molecule has 0 aliphatic heterocycles. The standard InChI is InChI=1S/C9H9NO2/c1-2-6-3-4-8(10)7(5-6)9(11)12/h2-5H,1,10H2,(H,11,12). The molecule has 0 aliphatic rings. The number of hydrogen-bond acceptors (Lipinski definition) is 2. The van der Waals surface area contributed by atoms with Crippen LogP contribution in [0.1, 0.15) is 15.9 Å². The van der Waals surface area contributed by atoms with E-state index in [1.807, 2.05) is 0 Å². The molecule has 3 N–H and O–H groups in total. The monoisotopic (exact) mass is 163 g/mol. The highest BCUT2D eigenvalue weighted by atomic mass is 16.4. The molecule has 1 aromatic carbocycles. The molecule has 0 amide bonds. The lowest BCUT2D eigenvalue weighted by atomic mass is 10.1. The summed E-state index contributed by atoms with van der Waals surface area (Å²) in [5, 5.41) is 8.67. The molecular weight excluding hydrogens is 154 g/mol. The normalized spacial score (nSPS) is 9.33. The van der Waals surface area contributed by atoms with Gasteiger partial charge in [0.25, 0.3) is 0 Å². The van der Waals surface area contributed by atoms with Gasteiger partial charge in [-0.05, 0) is 17.7 Å². The van der Waals surface area contributed by atoms with Gasteiger partial charge in [-0.3, -0.25) is 0 Å². The Morgan fingerprint density at radius 3 is 2.75 bits per heavy atom. The SMILES string of the molecule is C=Cc1ccc(N)c(C(=O)O)c1. The summed E-state index contributed by atoms with van der Waals surface area (Å²) in [6.45, 7) is 3.53. The molecule has 1 aromatic rings. The van der Waals surface area contributed by atoms with E-state index in [1.165, 1.54) is 6.07 Å². The van der Waals surface area contributed by atoms with Gasteiger partial charge in [-0.25, -0.2) is 4.79 Å². The van der Waals surface area contributed by atoms with Crippen molar-refractivity contribution in [3.8, 4) is 0 Å². The topological polar surface area (TPSA) is 63.3 Å². The van der Waals surface area contributed by atoms with Gasteiger partial charge in [-0.1, -0.05) is 18.7 Å². The number of anilines is 1. The molecule has 0 radical (unpaired) electrons. The third kappa shape index (κ3) is 1.45. The lowest BCUT2D eigenvalue weighted by Gasteiger charge is -2.00. The van der Waals surface area contributed by atoms with Gasteiger partial charge in [0.2, 0.25) is 0 Å². The summed E-state index contributed by atoms with van der Waals surface area (Å²) in [6.07, 6.45) is 1.58. The highest BCUT2D eigenvalue weighted by Crippen LogP contribution is 2.14. The van der Waals surface area contributed by atoms with Gasteiger partial charge >= 0.3 is 5.97 Å². The van der Waals surface area contributed by atoms with E-state index in [0.717, 1.165) is 5.56 Å². The highest BCUT2D eigenvalue weighted by molar-refractivity contribution is 5.94. The number of benzene rings is 1. The molecule has 62 valence electrons. The van der Waals surface area contributed by atoms with Gasteiger partial charge in [0.05, 0.1) is 5.56 Å². The Balaban J connectivity index is 3.25. The minimum Gasteiger partial charge on any atom is -0.478 e. The number of carbonyl (C=O) groups is 1. The van der Waals surface area contributed by atoms with Crippen LogP contribution in [0.3, 0.4) is 0 Å². The Labute approximate surface area is 70.1 Å². The van der Waals surface area contributed by atoms with Crippen molar-refractivity contribution in [2.75, 3.05) is 5.73 Å². The average Bonchev–Trinajstić information content (AvgIpc) is 2.05. The van der Waals surface area contributed by atoms with Crippen molar-refractivity contribution in [1.29, 1.82) is 0 Å². The largest absolute Gasteiger partial charge is 0.478 e. The third-order valence-corrected chi connectivity index (χ3v) is 1.54. The van der Waals surface area contributed by atoms with Crippen LogP contribution in [0.25, 0.3) is 6.08 Å². The molecule has 0 atom stereocenters. The van der Waals surface area contributed by atoms with Crippen LogP contribution < -0.4 is 5.73 Å². The van der Waals surface area contributed by atoms with Crippen LogP contribution in [0.2, 0.25) is 0 Å². The van der Waals surface area contributed by atoms with Crippen molar-refractivity contribution in [3.05, 3.63) is 35.9 Å². The summed E-state index contributed by atoms with van der Waals surface area (Å²) in [5.41, 5.74) is 6.57. The van der Waals surface area contributed by atoms with Crippen molar-refractivity contribution in [1.82, 2.24) is 0 Å². The van der Waals surface area contributed by atoms with E-state index < -0.39 is 5.97 Å². The van der Waals surface area contributed by atoms with Gasteiger partial charge in [0, 0.05) is 5.69 Å². The number of rotatable bonds is 2. The Morgan fingerprint density at radius 2 is 2.25 bits per heavy atom. The summed E-state index contributed by atoms with van der Waals surface area (Å²) in [4.78, 5) is 10.6. The third-order valence-electron chi connectivity index (χ3n) is 1.54. The first-order chi connectivity index (χ1) is 5.65. The van der Waals surface area contributed by atoms with Crippen molar-refractivity contribution < 1.29 is 9.90 Å². The zero-order chi connectivity index (χ0) is 9.14. The fourth-order valence-electron chi connectivity index (χ4n) is 0.886. The fraction of sp³-hybridized carbons (Fsp3) is 0. The van der Waals surface area contributed by atoms with E-state index in [4.69, 9.17) is 10.8 Å². The van der Waals surface area contributed by atoms with Crippen molar-refractivity contribution in [2.45, 2.75) is 0 Å². The molecule has 0 spiro atoms. The number of aromatic carboxylic acids is 1. The second-order valence-corrected chi connectivity index (χ2v) is 2.36. The van der Waals surface area contributed by atoms with E-state index >= 15 is 0 Å². The molecule has 0 bridgehead atoms. The van der Waals surface area contributed by atoms with Gasteiger partial charge in [-0.2, -0.15) is 0 Å². The second-order valence-electron chi connectivity index (χ2n) is 2.36. The number of hydrogen-bond donors (Lipinski definition) is 2. The Kier molecular flexibility index (Phi) is 2.14. The van der Waals surface area contributed by atoms with Crippen molar-refractivity contribution in [2.24, 2.45) is 0 Å². The van der Waals surface area contributed by atoms with Gasteiger partial charge in [-0.15, -0.1) is 0 Å². The molecule has 0 unspecified atom stereocenters. The van der Waals surface area contributed by atoms with Gasteiger partial charge < -0.3 is 10.8 Å². The Hall–Kier alpha value is -1.77. The second kappa shape index (κ2) is 3.09. The molecule has 12 heavy (non-hydrogen) atoms. The molecule has 0 aliphatic carbocycles. The van der Waals surface area contributed by atoms with E-state index in [0.29, 0.717) is 0 Å². The summed E-state index contributed by atoms with van der Waals surface area (Å²) in [5.74, 6) is -1.02. The van der Waals surface area contributed by atoms with E-state index in [-0.39, 0.29) is 11.3 Å². The van der Waals surface area contributed by atoms with Crippen LogP contribution in [0.4, 0.5) is 5.69 Å². The molecule has 3 nitrogen and oxygen atoms in total. The molecule has 0 fully saturated rings. The average molecular weight is 163 g/mol. The first-order valence-electron chi connectivity index (χ1n) is 3.40. The fourth-order valence-corrected chi connectivity index (χ4v) is 0.886. The summed E-state index contributed by atoms with van der Waals surface area (Å²) in [6, 6.07) is 4.76. The summed E-state index contributed by atoms with van der Waals surface area (Å²) < 4.78 is 0. The van der Waals surface area contributed by atoms with Crippen LogP contribution in [-0.2, 0) is 0 Å². The smallest absolute Gasteiger partial charge is 0.337 e. The predicted octanol–water partition coefficient (Wildman–Crippen LogP) is 1.61. The van der Waals surface area contributed by atoms with Crippen LogP contribution in [0.5, 0.6) is 0 Å². The molecule has 3 heteroatoms. The first kappa shape index (κ1) is 8.33. The molecular formula is C9H9NO2. The summed E-state index contributed by atoms with van der Waals surface area (Å²) in [7, 11) is 0. The maximum atomic E-state index is 10.6. The molecule has 0 saturated heterocycles. The zero-order valence-corrected chi connectivity index (χ0v) is 6.45. The van der Waals surface area contributed by atoms with Gasteiger partial charge in [0.1, 0.15) is 0 Å². The lowest BCUT2D eigenvalue weighted by molar-refractivity contribution is 0.0698. The lowest BCUT2D eigenvalue weighted by Crippen LogP contribution is -2.02. The van der Waals surface area contributed by atoms with E-state index in [1.54, 1.807) is 18.2 Å². The number of carboxylic acid groups (broad SMARTS) is 1. The Morgan fingerprint density at radius 1 is 1.58 bits per heavy atom. The van der Waals surface area contributed by atoms with Crippen LogP contribution in [0.15, 0.2) is 24.8 Å². The zero-order valence-electron chi connectivity index (χ0n) is 6.45. The number of nitrogen functional groups attached to an aromatic ring is 1. The van der Waals surface area contributed by atoms with Crippen molar-refractivity contribution in [3.63, 3.8) is 0 Å². The maximum Gasteiger partial charge on any atom is 0.337 e. The van der Waals surface area contributed by atoms with E-state index in [2.05, 4.69) is 6.58 Å². The van der Waals surface area contributed by atoms with Gasteiger partial charge in [0.15, 0.2) is 0 Å². The molecule has 0 heterocycles. The quantitative estimate of drug-likeness (QED) is 0.651. The minimum atomic E-state index is -1.02. The van der Waals surface area contributed by atoms with Crippen LogP contribution >= 0.6 is 0 Å². The van der Waals surface area contributed by atoms with Crippen molar-refractivity contribution >= 4 is 17.7 Å². The maximum absolute atomic E-state index is 10.6. The highest BCUT2D eigenvalue weighted by Gasteiger charge is 2.06. The number of carboxylic acids is 1. The molecule has 0 aromatic heterocycles. The Bertz CT molecular complexity index is 331. The van der Waals surface area contributed by atoms with E-state index in [9.17, 15) is 4.79 Å². The molecule has 1 rings (SSSR count). The molecule has 0 saturated carbocycles.